The number of nitrogens with zero attached hydrogens (tertiary/aromatic N) is 1. The first-order chi connectivity index (χ1) is 8.47. The van der Waals surface area contributed by atoms with Gasteiger partial charge >= 0.3 is 0 Å². The third-order valence-electron chi connectivity index (χ3n) is 2.48. The first-order valence-electron chi connectivity index (χ1n) is 5.47. The Morgan fingerprint density at radius 3 is 2.61 bits per heavy atom. The second-order valence-corrected chi connectivity index (χ2v) is 6.43. The SMILES string of the molecule is C=CCN(CC)S(=O)(=O)c1ccc(CO)cc1Br. The Labute approximate surface area is 116 Å². The van der Waals surface area contributed by atoms with Crippen LogP contribution < -0.4 is 0 Å². The van der Waals surface area contributed by atoms with E-state index in [1.54, 1.807) is 25.1 Å². The Balaban J connectivity index is 3.23. The number of rotatable bonds is 6. The van der Waals surface area contributed by atoms with E-state index in [0.29, 0.717) is 16.6 Å². The van der Waals surface area contributed by atoms with Crippen molar-refractivity contribution < 1.29 is 13.5 Å². The van der Waals surface area contributed by atoms with Gasteiger partial charge in [-0.05, 0) is 33.6 Å². The first kappa shape index (κ1) is 15.4. The molecule has 1 aromatic rings. The molecule has 0 unspecified atom stereocenters. The molecule has 0 radical (unpaired) electrons. The van der Waals surface area contributed by atoms with Crippen molar-refractivity contribution in [1.82, 2.24) is 4.31 Å². The van der Waals surface area contributed by atoms with Crippen LogP contribution >= 0.6 is 15.9 Å². The molecule has 1 aromatic carbocycles. The Kier molecular flexibility index (Phi) is 5.52. The molecule has 0 atom stereocenters. The van der Waals surface area contributed by atoms with E-state index < -0.39 is 10.0 Å². The second kappa shape index (κ2) is 6.47. The molecule has 0 heterocycles. The minimum atomic E-state index is -3.54. The van der Waals surface area contributed by atoms with Gasteiger partial charge in [-0.25, -0.2) is 8.42 Å². The van der Waals surface area contributed by atoms with Crippen molar-refractivity contribution in [2.45, 2.75) is 18.4 Å². The Hall–Kier alpha value is -0.690. The lowest BCUT2D eigenvalue weighted by Crippen LogP contribution is -2.31. The van der Waals surface area contributed by atoms with E-state index in [1.165, 1.54) is 10.4 Å². The lowest BCUT2D eigenvalue weighted by atomic mass is 10.2. The minimum Gasteiger partial charge on any atom is -0.392 e. The highest BCUT2D eigenvalue weighted by Crippen LogP contribution is 2.26. The number of halogens is 1. The summed E-state index contributed by atoms with van der Waals surface area (Å²) in [7, 11) is -3.54. The van der Waals surface area contributed by atoms with Crippen LogP contribution in [-0.2, 0) is 16.6 Å². The van der Waals surface area contributed by atoms with Crippen molar-refractivity contribution in [2.75, 3.05) is 13.1 Å². The van der Waals surface area contributed by atoms with Gasteiger partial charge in [0.05, 0.1) is 11.5 Å². The van der Waals surface area contributed by atoms with E-state index in [-0.39, 0.29) is 18.0 Å². The van der Waals surface area contributed by atoms with Crippen LogP contribution in [0.15, 0.2) is 40.2 Å². The van der Waals surface area contributed by atoms with Gasteiger partial charge < -0.3 is 5.11 Å². The summed E-state index contributed by atoms with van der Waals surface area (Å²) in [6, 6.07) is 4.70. The number of aliphatic hydroxyl groups is 1. The summed E-state index contributed by atoms with van der Waals surface area (Å²) in [5.41, 5.74) is 0.660. The van der Waals surface area contributed by atoms with Gasteiger partial charge in [0.25, 0.3) is 0 Å². The molecule has 1 N–H and O–H groups in total. The average Bonchev–Trinajstić information content (AvgIpc) is 2.35. The third kappa shape index (κ3) is 3.20. The van der Waals surface area contributed by atoms with Gasteiger partial charge in [0.1, 0.15) is 0 Å². The largest absolute Gasteiger partial charge is 0.392 e. The Bertz CT molecular complexity index is 528. The van der Waals surface area contributed by atoms with E-state index in [4.69, 9.17) is 5.11 Å². The van der Waals surface area contributed by atoms with E-state index in [0.717, 1.165) is 0 Å². The predicted molar refractivity (Wildman–Crippen MR) is 74.7 cm³/mol. The molecule has 0 saturated carbocycles. The van der Waals surface area contributed by atoms with E-state index >= 15 is 0 Å². The highest BCUT2D eigenvalue weighted by Gasteiger charge is 2.24. The molecule has 0 aromatic heterocycles. The summed E-state index contributed by atoms with van der Waals surface area (Å²) in [6.45, 7) is 5.86. The second-order valence-electron chi connectivity index (χ2n) is 3.67. The maximum absolute atomic E-state index is 12.4. The minimum absolute atomic E-state index is 0.122. The van der Waals surface area contributed by atoms with Gasteiger partial charge in [-0.3, -0.25) is 0 Å². The fourth-order valence-corrected chi connectivity index (χ4v) is 4.04. The van der Waals surface area contributed by atoms with Crippen LogP contribution in [0.25, 0.3) is 0 Å². The maximum Gasteiger partial charge on any atom is 0.244 e. The van der Waals surface area contributed by atoms with Crippen molar-refractivity contribution in [2.24, 2.45) is 0 Å². The third-order valence-corrected chi connectivity index (χ3v) is 5.40. The van der Waals surface area contributed by atoms with Gasteiger partial charge in [0.15, 0.2) is 0 Å². The van der Waals surface area contributed by atoms with Crippen molar-refractivity contribution in [3.63, 3.8) is 0 Å². The monoisotopic (exact) mass is 333 g/mol. The smallest absolute Gasteiger partial charge is 0.244 e. The first-order valence-corrected chi connectivity index (χ1v) is 7.71. The molecule has 0 aliphatic heterocycles. The highest BCUT2D eigenvalue weighted by molar-refractivity contribution is 9.10. The molecule has 100 valence electrons. The number of hydrogen-bond acceptors (Lipinski definition) is 3. The van der Waals surface area contributed by atoms with E-state index in [2.05, 4.69) is 22.5 Å². The van der Waals surface area contributed by atoms with Crippen molar-refractivity contribution in [3.05, 3.63) is 40.9 Å². The quantitative estimate of drug-likeness (QED) is 0.811. The fraction of sp³-hybridized carbons (Fsp3) is 0.333. The van der Waals surface area contributed by atoms with Gasteiger partial charge in [-0.15, -0.1) is 6.58 Å². The van der Waals surface area contributed by atoms with Crippen LogP contribution in [0, 0.1) is 0 Å². The van der Waals surface area contributed by atoms with Crippen LogP contribution in [0.3, 0.4) is 0 Å². The average molecular weight is 334 g/mol. The lowest BCUT2D eigenvalue weighted by Gasteiger charge is -2.19. The molecule has 0 saturated heterocycles. The standard InChI is InChI=1S/C12H16BrNO3S/c1-3-7-14(4-2)18(16,17)12-6-5-10(9-15)8-11(12)13/h3,5-6,8,15H,1,4,7,9H2,2H3. The van der Waals surface area contributed by atoms with Crippen LogP contribution in [0.2, 0.25) is 0 Å². The Morgan fingerprint density at radius 1 is 1.50 bits per heavy atom. The molecule has 4 nitrogen and oxygen atoms in total. The number of hydrogen-bond donors (Lipinski definition) is 1. The van der Waals surface area contributed by atoms with Crippen molar-refractivity contribution in [3.8, 4) is 0 Å². The zero-order valence-corrected chi connectivity index (χ0v) is 12.5. The van der Waals surface area contributed by atoms with Crippen LogP contribution in [0.1, 0.15) is 12.5 Å². The predicted octanol–water partition coefficient (Wildman–Crippen LogP) is 2.14. The number of aliphatic hydroxyl groups excluding tert-OH is 1. The normalized spacial score (nSPS) is 11.8. The number of likely N-dealkylation sites (N-methyl/N-ethyl adjacent to an activating group) is 1. The molecule has 6 heteroatoms. The molecule has 1 rings (SSSR count). The summed E-state index contributed by atoms with van der Waals surface area (Å²) < 4.78 is 26.5. The van der Waals surface area contributed by atoms with Crippen LogP contribution in [-0.4, -0.2) is 30.9 Å². The molecule has 0 aliphatic carbocycles. The van der Waals surface area contributed by atoms with Gasteiger partial charge in [0, 0.05) is 17.6 Å². The van der Waals surface area contributed by atoms with Crippen molar-refractivity contribution >= 4 is 26.0 Å². The fourth-order valence-electron chi connectivity index (χ4n) is 1.53. The summed E-state index contributed by atoms with van der Waals surface area (Å²) in [4.78, 5) is 0.198. The molecule has 0 spiro atoms. The molecule has 18 heavy (non-hydrogen) atoms. The molecular formula is C12H16BrNO3S. The topological polar surface area (TPSA) is 57.6 Å². The van der Waals surface area contributed by atoms with E-state index in [1.807, 2.05) is 0 Å². The van der Waals surface area contributed by atoms with Crippen LogP contribution in [0.5, 0.6) is 0 Å². The molecular weight excluding hydrogens is 318 g/mol. The Morgan fingerprint density at radius 2 is 2.17 bits per heavy atom. The summed E-state index contributed by atoms with van der Waals surface area (Å²) in [5.74, 6) is 0. The highest BCUT2D eigenvalue weighted by atomic mass is 79.9. The molecule has 0 amide bonds. The summed E-state index contributed by atoms with van der Waals surface area (Å²) in [5, 5.41) is 9.00. The van der Waals surface area contributed by atoms with E-state index in [9.17, 15) is 8.42 Å². The van der Waals surface area contributed by atoms with Crippen molar-refractivity contribution in [1.29, 1.82) is 0 Å². The lowest BCUT2D eigenvalue weighted by molar-refractivity contribution is 0.281. The zero-order valence-electron chi connectivity index (χ0n) is 10.1. The number of benzene rings is 1. The molecule has 0 fully saturated rings. The summed E-state index contributed by atoms with van der Waals surface area (Å²) in [6.07, 6.45) is 1.55. The molecule has 0 bridgehead atoms. The van der Waals surface area contributed by atoms with Gasteiger partial charge in [0.2, 0.25) is 10.0 Å². The van der Waals surface area contributed by atoms with Crippen LogP contribution in [0.4, 0.5) is 0 Å². The maximum atomic E-state index is 12.4. The molecule has 0 aliphatic rings. The zero-order chi connectivity index (χ0) is 13.8. The van der Waals surface area contributed by atoms with Gasteiger partial charge in [-0.1, -0.05) is 19.1 Å². The van der Waals surface area contributed by atoms with Gasteiger partial charge in [-0.2, -0.15) is 4.31 Å². The summed E-state index contributed by atoms with van der Waals surface area (Å²) >= 11 is 3.23. The number of sulfonamides is 1.